The summed E-state index contributed by atoms with van der Waals surface area (Å²) in [5.74, 6) is 0.790. The molecule has 1 aliphatic heterocycles. The maximum atomic E-state index is 9.03. The Morgan fingerprint density at radius 2 is 2.41 bits per heavy atom. The molecule has 1 aromatic rings. The highest BCUT2D eigenvalue weighted by Crippen LogP contribution is 2.19. The molecule has 1 fully saturated rings. The fourth-order valence-corrected chi connectivity index (χ4v) is 2.10. The second-order valence-corrected chi connectivity index (χ2v) is 4.10. The van der Waals surface area contributed by atoms with E-state index in [-0.39, 0.29) is 12.4 Å². The Labute approximate surface area is 108 Å². The number of aromatic nitrogens is 1. The van der Waals surface area contributed by atoms with E-state index in [9.17, 15) is 0 Å². The van der Waals surface area contributed by atoms with Crippen molar-refractivity contribution in [2.24, 2.45) is 0 Å². The van der Waals surface area contributed by atoms with Gasteiger partial charge in [-0.25, -0.2) is 4.98 Å². The first-order chi connectivity index (χ1) is 7.83. The maximum absolute atomic E-state index is 9.03. The van der Waals surface area contributed by atoms with Gasteiger partial charge in [-0.15, -0.1) is 12.4 Å². The molecule has 1 aliphatic rings. The first kappa shape index (κ1) is 13.8. The summed E-state index contributed by atoms with van der Waals surface area (Å²) in [6.07, 6.45) is 4.08. The third kappa shape index (κ3) is 3.09. The number of piperidine rings is 1. The Bertz CT molecular complexity index is 396. The molecule has 92 valence electrons. The molecule has 1 saturated heterocycles. The molecule has 1 aromatic heterocycles. The normalized spacial score (nSPS) is 18.9. The summed E-state index contributed by atoms with van der Waals surface area (Å²) in [4.78, 5) is 6.42. The van der Waals surface area contributed by atoms with E-state index >= 15 is 0 Å². The van der Waals surface area contributed by atoms with Gasteiger partial charge in [-0.2, -0.15) is 5.26 Å². The zero-order valence-corrected chi connectivity index (χ0v) is 10.7. The number of halogens is 1. The molecule has 5 heteroatoms. The Morgan fingerprint density at radius 3 is 3.06 bits per heavy atom. The van der Waals surface area contributed by atoms with Crippen molar-refractivity contribution in [1.29, 1.82) is 5.26 Å². The molecule has 0 saturated carbocycles. The van der Waals surface area contributed by atoms with Gasteiger partial charge < -0.3 is 10.2 Å². The predicted octanol–water partition coefficient (Wildman–Crippen LogP) is 1.56. The van der Waals surface area contributed by atoms with Crippen molar-refractivity contribution >= 4 is 18.2 Å². The monoisotopic (exact) mass is 252 g/mol. The molecule has 0 radical (unpaired) electrons. The number of nitriles is 1. The molecule has 0 amide bonds. The highest BCUT2D eigenvalue weighted by molar-refractivity contribution is 5.85. The van der Waals surface area contributed by atoms with E-state index in [0.717, 1.165) is 25.3 Å². The molecule has 0 aliphatic carbocycles. The van der Waals surface area contributed by atoms with Crippen LogP contribution in [0.3, 0.4) is 0 Å². The third-order valence-corrected chi connectivity index (χ3v) is 3.06. The van der Waals surface area contributed by atoms with Crippen LogP contribution in [-0.2, 0) is 0 Å². The van der Waals surface area contributed by atoms with Crippen molar-refractivity contribution in [2.45, 2.75) is 18.9 Å². The van der Waals surface area contributed by atoms with Crippen molar-refractivity contribution in [2.75, 3.05) is 25.0 Å². The summed E-state index contributed by atoms with van der Waals surface area (Å²) >= 11 is 0. The van der Waals surface area contributed by atoms with Crippen LogP contribution in [0.4, 0.5) is 5.82 Å². The lowest BCUT2D eigenvalue weighted by Gasteiger charge is -2.32. The van der Waals surface area contributed by atoms with Crippen LogP contribution in [0.5, 0.6) is 0 Å². The van der Waals surface area contributed by atoms with E-state index < -0.39 is 0 Å². The van der Waals surface area contributed by atoms with Gasteiger partial charge in [0.1, 0.15) is 11.9 Å². The fourth-order valence-electron chi connectivity index (χ4n) is 2.10. The van der Waals surface area contributed by atoms with Crippen molar-refractivity contribution in [1.82, 2.24) is 10.3 Å². The molecule has 1 unspecified atom stereocenters. The zero-order chi connectivity index (χ0) is 11.4. The van der Waals surface area contributed by atoms with Gasteiger partial charge in [0.25, 0.3) is 0 Å². The molecule has 17 heavy (non-hydrogen) atoms. The highest BCUT2D eigenvalue weighted by atomic mass is 35.5. The number of hydrogen-bond donors (Lipinski definition) is 1. The number of pyridine rings is 1. The average molecular weight is 253 g/mol. The van der Waals surface area contributed by atoms with Gasteiger partial charge in [0.05, 0.1) is 5.56 Å². The lowest BCUT2D eigenvalue weighted by Crippen LogP contribution is -2.44. The second kappa shape index (κ2) is 6.43. The molecule has 2 heterocycles. The van der Waals surface area contributed by atoms with E-state index in [2.05, 4.69) is 21.3 Å². The first-order valence-corrected chi connectivity index (χ1v) is 5.61. The van der Waals surface area contributed by atoms with E-state index in [1.807, 2.05) is 13.1 Å². The maximum Gasteiger partial charge on any atom is 0.146 e. The number of nitrogens with zero attached hydrogens (tertiary/aromatic N) is 3. The summed E-state index contributed by atoms with van der Waals surface area (Å²) in [7, 11) is 2.01. The van der Waals surface area contributed by atoms with Crippen molar-refractivity contribution in [3.63, 3.8) is 0 Å². The average Bonchev–Trinajstić information content (AvgIpc) is 2.39. The summed E-state index contributed by atoms with van der Waals surface area (Å²) in [5, 5.41) is 12.4. The van der Waals surface area contributed by atoms with Crippen LogP contribution in [0.1, 0.15) is 18.4 Å². The Hall–Kier alpha value is -1.31. The smallest absolute Gasteiger partial charge is 0.146 e. The van der Waals surface area contributed by atoms with Crippen LogP contribution in [0, 0.1) is 11.3 Å². The van der Waals surface area contributed by atoms with Gasteiger partial charge in [0.15, 0.2) is 0 Å². The van der Waals surface area contributed by atoms with Crippen molar-refractivity contribution < 1.29 is 0 Å². The van der Waals surface area contributed by atoms with E-state index in [1.54, 1.807) is 12.3 Å². The van der Waals surface area contributed by atoms with Gasteiger partial charge in [0, 0.05) is 25.8 Å². The number of anilines is 1. The van der Waals surface area contributed by atoms with Crippen LogP contribution < -0.4 is 10.2 Å². The fraction of sp³-hybridized carbons (Fsp3) is 0.500. The Kier molecular flexibility index (Phi) is 5.20. The summed E-state index contributed by atoms with van der Waals surface area (Å²) in [6.45, 7) is 2.07. The molecule has 0 spiro atoms. The minimum atomic E-state index is 0. The number of nitrogens with one attached hydrogen (secondary N) is 1. The van der Waals surface area contributed by atoms with Crippen LogP contribution in [0.2, 0.25) is 0 Å². The largest absolute Gasteiger partial charge is 0.354 e. The molecule has 0 bridgehead atoms. The zero-order valence-electron chi connectivity index (χ0n) is 9.89. The molecule has 2 rings (SSSR count). The van der Waals surface area contributed by atoms with Gasteiger partial charge in [-0.05, 0) is 31.5 Å². The van der Waals surface area contributed by atoms with Crippen molar-refractivity contribution in [3.05, 3.63) is 23.9 Å². The van der Waals surface area contributed by atoms with Crippen molar-refractivity contribution in [3.8, 4) is 6.07 Å². The lowest BCUT2D eigenvalue weighted by molar-refractivity contribution is 0.443. The van der Waals surface area contributed by atoms with Gasteiger partial charge in [-0.3, -0.25) is 0 Å². The topological polar surface area (TPSA) is 52.0 Å². The second-order valence-electron chi connectivity index (χ2n) is 4.10. The summed E-state index contributed by atoms with van der Waals surface area (Å²) in [5.41, 5.74) is 0.649. The minimum absolute atomic E-state index is 0. The Morgan fingerprint density at radius 1 is 1.59 bits per heavy atom. The quantitative estimate of drug-likeness (QED) is 0.868. The van der Waals surface area contributed by atoms with Crippen LogP contribution >= 0.6 is 12.4 Å². The van der Waals surface area contributed by atoms with E-state index in [4.69, 9.17) is 5.26 Å². The Balaban J connectivity index is 0.00000144. The molecule has 1 N–H and O–H groups in total. The highest BCUT2D eigenvalue weighted by Gasteiger charge is 2.20. The summed E-state index contributed by atoms with van der Waals surface area (Å²) in [6, 6.07) is 6.25. The van der Waals surface area contributed by atoms with E-state index in [1.165, 1.54) is 6.42 Å². The van der Waals surface area contributed by atoms with Crippen LogP contribution in [0.25, 0.3) is 0 Å². The van der Waals surface area contributed by atoms with E-state index in [0.29, 0.717) is 11.6 Å². The van der Waals surface area contributed by atoms with Crippen LogP contribution in [-0.4, -0.2) is 31.2 Å². The van der Waals surface area contributed by atoms with Crippen LogP contribution in [0.15, 0.2) is 18.3 Å². The molecular weight excluding hydrogens is 236 g/mol. The standard InChI is InChI=1S/C12H16N4.ClH/c1-16(11-5-3-6-14-9-11)12-10(8-13)4-2-7-15-12;/h2,4,7,11,14H,3,5-6,9H2,1H3;1H. The number of rotatable bonds is 2. The van der Waals surface area contributed by atoms with Gasteiger partial charge >= 0.3 is 0 Å². The molecular formula is C12H17ClN4. The number of likely N-dealkylation sites (N-methyl/N-ethyl adjacent to an activating group) is 1. The van der Waals surface area contributed by atoms with Gasteiger partial charge in [0.2, 0.25) is 0 Å². The lowest BCUT2D eigenvalue weighted by atomic mass is 10.1. The van der Waals surface area contributed by atoms with Gasteiger partial charge in [-0.1, -0.05) is 0 Å². The first-order valence-electron chi connectivity index (χ1n) is 5.61. The molecule has 4 nitrogen and oxygen atoms in total. The minimum Gasteiger partial charge on any atom is -0.354 e. The summed E-state index contributed by atoms with van der Waals surface area (Å²) < 4.78 is 0. The molecule has 0 aromatic carbocycles. The SMILES string of the molecule is CN(c1ncccc1C#N)C1CCCNC1.Cl. The third-order valence-electron chi connectivity index (χ3n) is 3.06. The number of hydrogen-bond acceptors (Lipinski definition) is 4. The molecule has 1 atom stereocenters. The predicted molar refractivity (Wildman–Crippen MR) is 70.5 cm³/mol.